The summed E-state index contributed by atoms with van der Waals surface area (Å²) in [7, 11) is 1.46. The molecule has 0 amide bonds. The van der Waals surface area contributed by atoms with Gasteiger partial charge in [0.1, 0.15) is 0 Å². The fourth-order valence-corrected chi connectivity index (χ4v) is 2.39. The van der Waals surface area contributed by atoms with E-state index in [-0.39, 0.29) is 18.4 Å². The maximum absolute atomic E-state index is 11.4. The van der Waals surface area contributed by atoms with E-state index >= 15 is 0 Å². The Morgan fingerprint density at radius 3 is 2.67 bits per heavy atom. The minimum Gasteiger partial charge on any atom is -0.483 e. The molecule has 2 atom stereocenters. The molecule has 1 fully saturated rings. The van der Waals surface area contributed by atoms with E-state index < -0.39 is 0 Å². The lowest BCUT2D eigenvalue weighted by Gasteiger charge is -2.13. The van der Waals surface area contributed by atoms with Crippen molar-refractivity contribution in [2.24, 2.45) is 5.92 Å². The van der Waals surface area contributed by atoms with Crippen molar-refractivity contribution in [2.45, 2.75) is 31.8 Å². The van der Waals surface area contributed by atoms with Crippen LogP contribution in [0.2, 0.25) is 0 Å². The topological polar surface area (TPSA) is 87.7 Å². The summed E-state index contributed by atoms with van der Waals surface area (Å²) in [5.74, 6) is -0.0200. The van der Waals surface area contributed by atoms with Gasteiger partial charge in [0.25, 0.3) is 6.47 Å². The van der Waals surface area contributed by atoms with Gasteiger partial charge in [-0.1, -0.05) is 30.3 Å². The molecule has 6 nitrogen and oxygen atoms in total. The average Bonchev–Trinajstić information content (AvgIpc) is 2.97. The number of methoxy groups -OCH3 is 1. The van der Waals surface area contributed by atoms with Crippen LogP contribution in [0.1, 0.15) is 24.8 Å². The van der Waals surface area contributed by atoms with E-state index in [2.05, 4.69) is 23.0 Å². The zero-order valence-electron chi connectivity index (χ0n) is 12.1. The maximum atomic E-state index is 11.4. The van der Waals surface area contributed by atoms with Crippen molar-refractivity contribution in [1.82, 2.24) is 10.9 Å². The molecule has 0 heterocycles. The number of nitrogens with one attached hydrogen (secondary N) is 2. The van der Waals surface area contributed by atoms with Gasteiger partial charge in [0, 0.05) is 12.6 Å². The summed E-state index contributed by atoms with van der Waals surface area (Å²) in [6.45, 7) is 0.542. The molecule has 1 aliphatic rings. The molecule has 2 rings (SSSR count). The number of hydrogen-bond donors (Lipinski definition) is 3. The molecule has 0 radical (unpaired) electrons. The SMILES string of the molecule is COC(=O)C1CCC(NNCc2ccccc2)C1.O=CO. The first kappa shape index (κ1) is 17.1. The number of benzene rings is 1. The van der Waals surface area contributed by atoms with Gasteiger partial charge in [-0.25, -0.2) is 0 Å². The fourth-order valence-electron chi connectivity index (χ4n) is 2.39. The number of hydrogen-bond acceptors (Lipinski definition) is 5. The first-order chi connectivity index (χ1) is 10.2. The Labute approximate surface area is 124 Å². The van der Waals surface area contributed by atoms with Crippen LogP contribution in [0.5, 0.6) is 0 Å². The highest BCUT2D eigenvalue weighted by molar-refractivity contribution is 5.72. The summed E-state index contributed by atoms with van der Waals surface area (Å²) >= 11 is 0. The van der Waals surface area contributed by atoms with Crippen LogP contribution in [0.3, 0.4) is 0 Å². The molecule has 0 aliphatic heterocycles. The van der Waals surface area contributed by atoms with E-state index in [1.807, 2.05) is 18.2 Å². The average molecular weight is 294 g/mol. The summed E-state index contributed by atoms with van der Waals surface area (Å²) in [6, 6.07) is 10.6. The fraction of sp³-hybridized carbons (Fsp3) is 0.467. The maximum Gasteiger partial charge on any atom is 0.308 e. The van der Waals surface area contributed by atoms with Crippen LogP contribution in [0.4, 0.5) is 0 Å². The van der Waals surface area contributed by atoms with Gasteiger partial charge in [-0.3, -0.25) is 20.4 Å². The van der Waals surface area contributed by atoms with Crippen LogP contribution in [-0.4, -0.2) is 30.7 Å². The molecule has 116 valence electrons. The Bertz CT molecular complexity index is 425. The highest BCUT2D eigenvalue weighted by Crippen LogP contribution is 2.26. The number of ether oxygens (including phenoxy) is 1. The third kappa shape index (κ3) is 6.37. The van der Waals surface area contributed by atoms with E-state index in [1.165, 1.54) is 12.7 Å². The number of esters is 1. The van der Waals surface area contributed by atoms with Crippen LogP contribution in [0.25, 0.3) is 0 Å². The molecule has 0 saturated heterocycles. The minimum absolute atomic E-state index is 0.0611. The smallest absolute Gasteiger partial charge is 0.308 e. The molecule has 1 aromatic rings. The van der Waals surface area contributed by atoms with Crippen molar-refractivity contribution in [1.29, 1.82) is 0 Å². The normalized spacial score (nSPS) is 20.2. The van der Waals surface area contributed by atoms with Crippen molar-refractivity contribution >= 4 is 12.4 Å². The summed E-state index contributed by atoms with van der Waals surface area (Å²) in [5, 5.41) is 6.89. The van der Waals surface area contributed by atoms with E-state index in [0.29, 0.717) is 6.04 Å². The van der Waals surface area contributed by atoms with E-state index in [1.54, 1.807) is 0 Å². The summed E-state index contributed by atoms with van der Waals surface area (Å²) in [6.07, 6.45) is 2.79. The standard InChI is InChI=1S/C14H20N2O2.CH2O2/c1-18-14(17)12-7-8-13(9-12)16-15-10-11-5-3-2-4-6-11;2-1-3/h2-6,12-13,15-16H,7-10H2,1H3;1H,(H,2,3). The van der Waals surface area contributed by atoms with Gasteiger partial charge in [-0.05, 0) is 24.8 Å². The van der Waals surface area contributed by atoms with Crippen molar-refractivity contribution in [3.63, 3.8) is 0 Å². The summed E-state index contributed by atoms with van der Waals surface area (Å²) in [4.78, 5) is 19.7. The first-order valence-corrected chi connectivity index (χ1v) is 6.89. The predicted molar refractivity (Wildman–Crippen MR) is 78.3 cm³/mol. The molecular weight excluding hydrogens is 272 g/mol. The zero-order valence-corrected chi connectivity index (χ0v) is 12.1. The molecule has 0 bridgehead atoms. The molecule has 1 aromatic carbocycles. The third-order valence-corrected chi connectivity index (χ3v) is 3.41. The first-order valence-electron chi connectivity index (χ1n) is 6.89. The van der Waals surface area contributed by atoms with Gasteiger partial charge in [-0.2, -0.15) is 0 Å². The van der Waals surface area contributed by atoms with Crippen LogP contribution in [0.15, 0.2) is 30.3 Å². The molecule has 0 aromatic heterocycles. The van der Waals surface area contributed by atoms with E-state index in [9.17, 15) is 4.79 Å². The van der Waals surface area contributed by atoms with E-state index in [4.69, 9.17) is 14.6 Å². The Hall–Kier alpha value is -1.92. The second-order valence-electron chi connectivity index (χ2n) is 4.82. The predicted octanol–water partition coefficient (Wildman–Crippen LogP) is 1.32. The van der Waals surface area contributed by atoms with Crippen LogP contribution in [-0.2, 0) is 20.9 Å². The minimum atomic E-state index is -0.250. The third-order valence-electron chi connectivity index (χ3n) is 3.41. The monoisotopic (exact) mass is 294 g/mol. The lowest BCUT2D eigenvalue weighted by atomic mass is 10.1. The lowest BCUT2D eigenvalue weighted by Crippen LogP contribution is -2.39. The summed E-state index contributed by atoms with van der Waals surface area (Å²) < 4.78 is 4.77. The Morgan fingerprint density at radius 2 is 2.05 bits per heavy atom. The quantitative estimate of drug-likeness (QED) is 0.431. The summed E-state index contributed by atoms with van der Waals surface area (Å²) in [5.41, 5.74) is 7.74. The van der Waals surface area contributed by atoms with Gasteiger partial charge in [0.15, 0.2) is 0 Å². The molecular formula is C15H22N2O4. The Morgan fingerprint density at radius 1 is 1.38 bits per heavy atom. The van der Waals surface area contributed by atoms with Crippen molar-refractivity contribution in [2.75, 3.05) is 7.11 Å². The molecule has 0 spiro atoms. The van der Waals surface area contributed by atoms with Gasteiger partial charge >= 0.3 is 5.97 Å². The van der Waals surface area contributed by atoms with E-state index in [0.717, 1.165) is 25.8 Å². The van der Waals surface area contributed by atoms with Crippen LogP contribution >= 0.6 is 0 Å². The second kappa shape index (κ2) is 9.90. The van der Waals surface area contributed by atoms with Gasteiger partial charge in [0.2, 0.25) is 0 Å². The molecule has 2 unspecified atom stereocenters. The number of rotatable bonds is 5. The highest BCUT2D eigenvalue weighted by Gasteiger charge is 2.30. The van der Waals surface area contributed by atoms with Gasteiger partial charge in [0.05, 0.1) is 13.0 Å². The van der Waals surface area contributed by atoms with Gasteiger partial charge < -0.3 is 9.84 Å². The highest BCUT2D eigenvalue weighted by atomic mass is 16.5. The second-order valence-corrected chi connectivity index (χ2v) is 4.82. The molecule has 21 heavy (non-hydrogen) atoms. The zero-order chi connectivity index (χ0) is 15.5. The van der Waals surface area contributed by atoms with Crippen molar-refractivity contribution in [3.05, 3.63) is 35.9 Å². The molecule has 1 aliphatic carbocycles. The van der Waals surface area contributed by atoms with Crippen molar-refractivity contribution < 1.29 is 19.4 Å². The Kier molecular flexibility index (Phi) is 8.08. The molecule has 6 heteroatoms. The largest absolute Gasteiger partial charge is 0.483 e. The van der Waals surface area contributed by atoms with Crippen LogP contribution in [0, 0.1) is 5.92 Å². The number of hydrazine groups is 1. The van der Waals surface area contributed by atoms with Crippen molar-refractivity contribution in [3.8, 4) is 0 Å². The number of carbonyl (C=O) groups excluding carboxylic acids is 1. The Balaban J connectivity index is 0.000000677. The van der Waals surface area contributed by atoms with Crippen LogP contribution < -0.4 is 10.9 Å². The number of carbonyl (C=O) groups is 2. The number of carboxylic acid groups (broad SMARTS) is 1. The molecule has 3 N–H and O–H groups in total. The van der Waals surface area contributed by atoms with Gasteiger partial charge in [-0.15, -0.1) is 0 Å². The lowest BCUT2D eigenvalue weighted by molar-refractivity contribution is -0.145. The molecule has 1 saturated carbocycles.